The number of carboxylic acid groups (broad SMARTS) is 1. The topological polar surface area (TPSA) is 90.7 Å². The van der Waals surface area contributed by atoms with Crippen molar-refractivity contribution < 1.29 is 19.8 Å². The molecule has 146 valence electrons. The molecule has 2 atom stereocenters. The molecule has 0 radical (unpaired) electrons. The number of rotatable bonds is 7. The Kier molecular flexibility index (Phi) is 6.42. The average molecular weight is 380 g/mol. The van der Waals surface area contributed by atoms with Crippen LogP contribution in [-0.2, 0) is 4.79 Å². The fraction of sp³-hybridized carbons (Fsp3) is 0.318. The van der Waals surface area contributed by atoms with E-state index in [1.54, 1.807) is 36.7 Å². The number of hydrogen-bond acceptors (Lipinski definition) is 4. The summed E-state index contributed by atoms with van der Waals surface area (Å²) in [5.41, 5.74) is 1.39. The van der Waals surface area contributed by atoms with Crippen LogP contribution in [0.2, 0.25) is 0 Å². The predicted octanol–water partition coefficient (Wildman–Crippen LogP) is 3.45. The molecule has 6 nitrogen and oxygen atoms in total. The van der Waals surface area contributed by atoms with Gasteiger partial charge in [0, 0.05) is 37.8 Å². The molecule has 1 amide bonds. The number of carboxylic acids is 1. The van der Waals surface area contributed by atoms with Crippen LogP contribution in [0.5, 0.6) is 5.75 Å². The first-order chi connectivity index (χ1) is 13.6. The largest absolute Gasteiger partial charge is 0.508 e. The van der Waals surface area contributed by atoms with Crippen LogP contribution in [0, 0.1) is 5.92 Å². The maximum atomic E-state index is 12.8. The normalized spacial score (nSPS) is 19.2. The molecule has 0 aliphatic carbocycles. The summed E-state index contributed by atoms with van der Waals surface area (Å²) in [6.07, 6.45) is 8.37. The second-order valence-electron chi connectivity index (χ2n) is 7.02. The summed E-state index contributed by atoms with van der Waals surface area (Å²) in [4.78, 5) is 29.3. The fourth-order valence-electron chi connectivity index (χ4n) is 3.70. The van der Waals surface area contributed by atoms with Gasteiger partial charge >= 0.3 is 5.97 Å². The van der Waals surface area contributed by atoms with Gasteiger partial charge < -0.3 is 15.1 Å². The minimum Gasteiger partial charge on any atom is -0.508 e. The Balaban J connectivity index is 1.75. The molecule has 0 bridgehead atoms. The summed E-state index contributed by atoms with van der Waals surface area (Å²) < 4.78 is 0. The molecule has 3 rings (SSSR count). The summed E-state index contributed by atoms with van der Waals surface area (Å²) in [6.45, 7) is 1.11. The van der Waals surface area contributed by atoms with Gasteiger partial charge in [0.1, 0.15) is 5.75 Å². The van der Waals surface area contributed by atoms with E-state index in [0.29, 0.717) is 25.1 Å². The molecule has 1 aliphatic rings. The first kappa shape index (κ1) is 19.6. The zero-order valence-corrected chi connectivity index (χ0v) is 15.6. The number of aliphatic carboxylic acids is 1. The summed E-state index contributed by atoms with van der Waals surface area (Å²) >= 11 is 0. The molecular formula is C22H24N2O4. The number of nitrogens with zero attached hydrogens (tertiary/aromatic N) is 2. The number of carbonyl (C=O) groups is 2. The number of carbonyl (C=O) groups excluding carboxylic acids is 1. The van der Waals surface area contributed by atoms with E-state index in [0.717, 1.165) is 12.0 Å². The molecule has 1 aliphatic heterocycles. The maximum Gasteiger partial charge on any atom is 0.303 e. The van der Waals surface area contributed by atoms with Crippen molar-refractivity contribution in [1.29, 1.82) is 0 Å². The lowest BCUT2D eigenvalue weighted by molar-refractivity contribution is -0.136. The standard InChI is InChI=1S/C22H24N2O4/c25-20-10-5-4-9-18(20)19-15-24(22(28)16-8-6-12-23-13-16)14-17(19)7-2-1-3-11-21(26)27/h1-2,4-6,8-10,12-13,17,19,25H,3,7,11,14-15H2,(H,26,27)/t17-,19+/m0/s1. The van der Waals surface area contributed by atoms with Gasteiger partial charge in [-0.1, -0.05) is 30.4 Å². The Morgan fingerprint density at radius 1 is 1.14 bits per heavy atom. The molecule has 28 heavy (non-hydrogen) atoms. The molecule has 6 heteroatoms. The molecule has 2 aromatic rings. The number of phenolic OH excluding ortho intramolecular Hbond substituents is 1. The monoisotopic (exact) mass is 380 g/mol. The number of benzene rings is 1. The third-order valence-electron chi connectivity index (χ3n) is 5.10. The number of phenols is 1. The highest BCUT2D eigenvalue weighted by Gasteiger charge is 2.36. The Labute approximate surface area is 164 Å². The minimum atomic E-state index is -0.814. The van der Waals surface area contributed by atoms with Gasteiger partial charge in [0.2, 0.25) is 0 Å². The number of allylic oxidation sites excluding steroid dienone is 2. The molecular weight excluding hydrogens is 356 g/mol. The number of pyridine rings is 1. The quantitative estimate of drug-likeness (QED) is 0.718. The molecule has 1 aromatic carbocycles. The van der Waals surface area contributed by atoms with Crippen LogP contribution in [0.3, 0.4) is 0 Å². The lowest BCUT2D eigenvalue weighted by atomic mass is 9.86. The molecule has 2 heterocycles. The number of aromatic hydroxyl groups is 1. The van der Waals surface area contributed by atoms with Crippen LogP contribution in [0.4, 0.5) is 0 Å². The van der Waals surface area contributed by atoms with E-state index < -0.39 is 5.97 Å². The van der Waals surface area contributed by atoms with Gasteiger partial charge in [-0.3, -0.25) is 14.6 Å². The Bertz CT molecular complexity index is 851. The van der Waals surface area contributed by atoms with Crippen LogP contribution < -0.4 is 0 Å². The third-order valence-corrected chi connectivity index (χ3v) is 5.10. The highest BCUT2D eigenvalue weighted by atomic mass is 16.4. The van der Waals surface area contributed by atoms with Crippen LogP contribution in [-0.4, -0.2) is 45.1 Å². The molecule has 1 saturated heterocycles. The second kappa shape index (κ2) is 9.17. The van der Waals surface area contributed by atoms with E-state index in [1.807, 2.05) is 29.2 Å². The summed E-state index contributed by atoms with van der Waals surface area (Å²) in [5.74, 6) is -0.472. The van der Waals surface area contributed by atoms with Crippen LogP contribution in [0.1, 0.15) is 41.1 Å². The van der Waals surface area contributed by atoms with Gasteiger partial charge in [0.25, 0.3) is 5.91 Å². The zero-order valence-electron chi connectivity index (χ0n) is 15.6. The first-order valence-electron chi connectivity index (χ1n) is 9.40. The molecule has 1 aromatic heterocycles. The lowest BCUT2D eigenvalue weighted by Gasteiger charge is -2.18. The van der Waals surface area contributed by atoms with Crippen LogP contribution >= 0.6 is 0 Å². The zero-order chi connectivity index (χ0) is 19.9. The lowest BCUT2D eigenvalue weighted by Crippen LogP contribution is -2.29. The number of para-hydroxylation sites is 1. The van der Waals surface area contributed by atoms with E-state index in [9.17, 15) is 14.7 Å². The van der Waals surface area contributed by atoms with Gasteiger partial charge in [0.15, 0.2) is 0 Å². The summed E-state index contributed by atoms with van der Waals surface area (Å²) in [7, 11) is 0. The van der Waals surface area contributed by atoms with E-state index in [2.05, 4.69) is 4.98 Å². The van der Waals surface area contributed by atoms with Crippen molar-refractivity contribution in [2.24, 2.45) is 5.92 Å². The fourth-order valence-corrected chi connectivity index (χ4v) is 3.70. The van der Waals surface area contributed by atoms with Crippen LogP contribution in [0.25, 0.3) is 0 Å². The maximum absolute atomic E-state index is 12.8. The van der Waals surface area contributed by atoms with Crippen molar-refractivity contribution in [2.75, 3.05) is 13.1 Å². The number of aromatic nitrogens is 1. The van der Waals surface area contributed by atoms with Gasteiger partial charge in [-0.2, -0.15) is 0 Å². The highest BCUT2D eigenvalue weighted by Crippen LogP contribution is 2.39. The smallest absolute Gasteiger partial charge is 0.303 e. The number of amides is 1. The first-order valence-corrected chi connectivity index (χ1v) is 9.40. The van der Waals surface area contributed by atoms with Crippen molar-refractivity contribution >= 4 is 11.9 Å². The summed E-state index contributed by atoms with van der Waals surface area (Å²) in [5, 5.41) is 19.0. The Hall–Kier alpha value is -3.15. The van der Waals surface area contributed by atoms with Gasteiger partial charge in [-0.15, -0.1) is 0 Å². The van der Waals surface area contributed by atoms with E-state index in [-0.39, 0.29) is 29.9 Å². The van der Waals surface area contributed by atoms with Gasteiger partial charge in [0.05, 0.1) is 5.56 Å². The Morgan fingerprint density at radius 2 is 1.96 bits per heavy atom. The molecule has 2 N–H and O–H groups in total. The second-order valence-corrected chi connectivity index (χ2v) is 7.02. The molecule has 0 unspecified atom stereocenters. The number of hydrogen-bond donors (Lipinski definition) is 2. The van der Waals surface area contributed by atoms with Crippen molar-refractivity contribution in [3.8, 4) is 5.75 Å². The van der Waals surface area contributed by atoms with E-state index >= 15 is 0 Å². The minimum absolute atomic E-state index is 0.0194. The third kappa shape index (κ3) is 4.76. The van der Waals surface area contributed by atoms with Crippen molar-refractivity contribution in [2.45, 2.75) is 25.2 Å². The molecule has 0 saturated carbocycles. The molecule has 0 spiro atoms. The number of likely N-dealkylation sites (tertiary alicyclic amines) is 1. The van der Waals surface area contributed by atoms with Gasteiger partial charge in [-0.05, 0) is 42.5 Å². The SMILES string of the molecule is O=C(O)CCC=CC[C@H]1CN(C(=O)c2cccnc2)C[C@H]1c1ccccc1O. The summed E-state index contributed by atoms with van der Waals surface area (Å²) in [6, 6.07) is 10.7. The van der Waals surface area contributed by atoms with Crippen molar-refractivity contribution in [3.05, 3.63) is 72.1 Å². The van der Waals surface area contributed by atoms with E-state index in [4.69, 9.17) is 5.11 Å². The van der Waals surface area contributed by atoms with Crippen LogP contribution in [0.15, 0.2) is 60.9 Å². The van der Waals surface area contributed by atoms with Crippen molar-refractivity contribution in [1.82, 2.24) is 9.88 Å². The van der Waals surface area contributed by atoms with Crippen molar-refractivity contribution in [3.63, 3.8) is 0 Å². The predicted molar refractivity (Wildman–Crippen MR) is 105 cm³/mol. The Morgan fingerprint density at radius 3 is 2.68 bits per heavy atom. The van der Waals surface area contributed by atoms with Gasteiger partial charge in [-0.25, -0.2) is 0 Å². The van der Waals surface area contributed by atoms with E-state index in [1.165, 1.54) is 0 Å². The average Bonchev–Trinajstić information content (AvgIpc) is 3.12. The molecule has 1 fully saturated rings. The highest BCUT2D eigenvalue weighted by molar-refractivity contribution is 5.94.